The number of aromatic nitrogens is 4. The number of anilines is 1. The summed E-state index contributed by atoms with van der Waals surface area (Å²) < 4.78 is 7.81. The highest BCUT2D eigenvalue weighted by Crippen LogP contribution is 2.34. The fourth-order valence-electron chi connectivity index (χ4n) is 4.31. The highest BCUT2D eigenvalue weighted by atomic mass is 16.5. The third-order valence-corrected chi connectivity index (χ3v) is 6.15. The molecule has 0 saturated carbocycles. The first-order valence-electron chi connectivity index (χ1n) is 12.4. The Hall–Kier alpha value is -3.98. The number of hydrogen-bond acceptors (Lipinski definition) is 7. The highest BCUT2D eigenvalue weighted by Gasteiger charge is 2.22. The zero-order valence-corrected chi connectivity index (χ0v) is 20.3. The van der Waals surface area contributed by atoms with Crippen molar-refractivity contribution in [3.63, 3.8) is 0 Å². The second-order valence-electron chi connectivity index (χ2n) is 8.72. The minimum Gasteiger partial charge on any atom is -0.457 e. The summed E-state index contributed by atoms with van der Waals surface area (Å²) in [6, 6.07) is 17.3. The quantitative estimate of drug-likeness (QED) is 0.177. The molecule has 0 bridgehead atoms. The van der Waals surface area contributed by atoms with Crippen LogP contribution < -0.4 is 21.5 Å². The average Bonchev–Trinajstić information content (AvgIpc) is 3.30. The van der Waals surface area contributed by atoms with Crippen LogP contribution in [0.1, 0.15) is 44.6 Å². The minimum atomic E-state index is -0.0593. The molecule has 9 nitrogen and oxygen atoms in total. The van der Waals surface area contributed by atoms with Crippen molar-refractivity contribution in [2.45, 2.75) is 44.6 Å². The summed E-state index contributed by atoms with van der Waals surface area (Å²) in [4.78, 5) is 19.8. The second-order valence-corrected chi connectivity index (χ2v) is 8.72. The van der Waals surface area contributed by atoms with Gasteiger partial charge in [0.2, 0.25) is 6.41 Å². The zero-order chi connectivity index (χ0) is 25.2. The Bertz CT molecular complexity index is 1240. The Morgan fingerprint density at radius 1 is 0.944 bits per heavy atom. The lowest BCUT2D eigenvalue weighted by Gasteiger charge is -2.17. The summed E-state index contributed by atoms with van der Waals surface area (Å²) in [5.74, 6) is 1.86. The van der Waals surface area contributed by atoms with E-state index in [4.69, 9.17) is 21.3 Å². The molecule has 0 aliphatic carbocycles. The summed E-state index contributed by atoms with van der Waals surface area (Å²) in [7, 11) is 0. The van der Waals surface area contributed by atoms with E-state index >= 15 is 0 Å². The molecule has 4 aromatic rings. The van der Waals surface area contributed by atoms with Crippen molar-refractivity contribution in [3.05, 3.63) is 60.9 Å². The van der Waals surface area contributed by atoms with E-state index in [0.717, 1.165) is 68.5 Å². The Balaban J connectivity index is 1.60. The number of rotatable bonds is 14. The molecular formula is C27H33N7O2. The number of nitrogens with one attached hydrogen (secondary N) is 1. The van der Waals surface area contributed by atoms with Crippen LogP contribution in [0.15, 0.2) is 60.9 Å². The van der Waals surface area contributed by atoms with Crippen LogP contribution in [0.5, 0.6) is 11.5 Å². The smallest absolute Gasteiger partial charge is 0.207 e. The molecule has 0 saturated heterocycles. The van der Waals surface area contributed by atoms with E-state index in [0.29, 0.717) is 29.1 Å². The molecule has 0 aliphatic heterocycles. The SMILES string of the molecule is NCCCCCCCC(CNC=O)n1nc(-c2ccc(Oc3ccccc3)cc2)c2c(N)ncnc21. The van der Waals surface area contributed by atoms with E-state index in [9.17, 15) is 4.79 Å². The number of nitrogens with two attached hydrogens (primary N) is 2. The molecule has 0 spiro atoms. The molecule has 2 aromatic carbocycles. The Kier molecular flexibility index (Phi) is 8.82. The summed E-state index contributed by atoms with van der Waals surface area (Å²) in [5.41, 5.74) is 14.1. The molecule has 36 heavy (non-hydrogen) atoms. The van der Waals surface area contributed by atoms with E-state index in [1.807, 2.05) is 59.3 Å². The van der Waals surface area contributed by atoms with Crippen LogP contribution in [0.2, 0.25) is 0 Å². The lowest BCUT2D eigenvalue weighted by atomic mass is 10.1. The molecule has 1 amide bonds. The number of hydrogen-bond donors (Lipinski definition) is 3. The van der Waals surface area contributed by atoms with Gasteiger partial charge in [-0.2, -0.15) is 5.10 Å². The number of unbranched alkanes of at least 4 members (excludes halogenated alkanes) is 4. The fourth-order valence-corrected chi connectivity index (χ4v) is 4.31. The van der Waals surface area contributed by atoms with Gasteiger partial charge in [0.15, 0.2) is 5.65 Å². The number of carbonyl (C=O) groups excluding carboxylic acids is 1. The highest BCUT2D eigenvalue weighted by molar-refractivity contribution is 5.98. The van der Waals surface area contributed by atoms with Crippen LogP contribution in [-0.2, 0) is 4.79 Å². The van der Waals surface area contributed by atoms with Crippen molar-refractivity contribution in [3.8, 4) is 22.8 Å². The summed E-state index contributed by atoms with van der Waals surface area (Å²) in [5, 5.41) is 8.46. The lowest BCUT2D eigenvalue weighted by molar-refractivity contribution is -0.109. The number of fused-ring (bicyclic) bond motifs is 1. The zero-order valence-electron chi connectivity index (χ0n) is 20.3. The molecular weight excluding hydrogens is 454 g/mol. The van der Waals surface area contributed by atoms with Crippen LogP contribution in [-0.4, -0.2) is 39.2 Å². The first-order valence-corrected chi connectivity index (χ1v) is 12.4. The molecule has 9 heteroatoms. The molecule has 1 atom stereocenters. The molecule has 0 aliphatic rings. The number of amides is 1. The van der Waals surface area contributed by atoms with Gasteiger partial charge in [-0.1, -0.05) is 43.9 Å². The van der Waals surface area contributed by atoms with Gasteiger partial charge < -0.3 is 21.5 Å². The third-order valence-electron chi connectivity index (χ3n) is 6.15. The number of carbonyl (C=O) groups is 1. The molecule has 0 fully saturated rings. The number of ether oxygens (including phenoxy) is 1. The summed E-state index contributed by atoms with van der Waals surface area (Å²) in [6.45, 7) is 1.19. The van der Waals surface area contributed by atoms with Gasteiger partial charge in [0, 0.05) is 12.1 Å². The molecule has 0 radical (unpaired) electrons. The topological polar surface area (TPSA) is 134 Å². The first-order chi connectivity index (χ1) is 17.7. The van der Waals surface area contributed by atoms with Gasteiger partial charge in [-0.25, -0.2) is 14.6 Å². The Morgan fingerprint density at radius 2 is 1.67 bits per heavy atom. The van der Waals surface area contributed by atoms with Gasteiger partial charge >= 0.3 is 0 Å². The van der Waals surface area contributed by atoms with Crippen molar-refractivity contribution >= 4 is 23.3 Å². The molecule has 5 N–H and O–H groups in total. The van der Waals surface area contributed by atoms with Crippen LogP contribution in [0.25, 0.3) is 22.3 Å². The number of nitrogen functional groups attached to an aromatic ring is 1. The summed E-state index contributed by atoms with van der Waals surface area (Å²) in [6.07, 6.45) is 8.46. The maximum Gasteiger partial charge on any atom is 0.207 e. The normalized spacial score (nSPS) is 11.9. The van der Waals surface area contributed by atoms with E-state index in [2.05, 4.69) is 15.3 Å². The van der Waals surface area contributed by atoms with Gasteiger partial charge in [-0.05, 0) is 55.8 Å². The van der Waals surface area contributed by atoms with Crippen molar-refractivity contribution in [2.75, 3.05) is 18.8 Å². The Morgan fingerprint density at radius 3 is 2.42 bits per heavy atom. The molecule has 2 aromatic heterocycles. The van der Waals surface area contributed by atoms with Crippen LogP contribution >= 0.6 is 0 Å². The Labute approximate surface area is 210 Å². The predicted octanol–water partition coefficient (Wildman–Crippen LogP) is 4.45. The second kappa shape index (κ2) is 12.6. The number of nitrogens with zero attached hydrogens (tertiary/aromatic N) is 4. The van der Waals surface area contributed by atoms with Crippen molar-refractivity contribution < 1.29 is 9.53 Å². The average molecular weight is 488 g/mol. The molecule has 1 unspecified atom stereocenters. The van der Waals surface area contributed by atoms with Crippen LogP contribution in [0.3, 0.4) is 0 Å². The van der Waals surface area contributed by atoms with Gasteiger partial charge in [-0.3, -0.25) is 4.79 Å². The van der Waals surface area contributed by atoms with Gasteiger partial charge in [-0.15, -0.1) is 0 Å². The van der Waals surface area contributed by atoms with Crippen LogP contribution in [0, 0.1) is 0 Å². The van der Waals surface area contributed by atoms with E-state index < -0.39 is 0 Å². The molecule has 4 rings (SSSR count). The number of para-hydroxylation sites is 1. The predicted molar refractivity (Wildman–Crippen MR) is 142 cm³/mol. The van der Waals surface area contributed by atoms with E-state index in [1.165, 1.54) is 6.33 Å². The van der Waals surface area contributed by atoms with Crippen molar-refractivity contribution in [1.29, 1.82) is 0 Å². The third kappa shape index (κ3) is 6.17. The number of benzene rings is 2. The largest absolute Gasteiger partial charge is 0.457 e. The fraction of sp³-hybridized carbons (Fsp3) is 0.333. The molecule has 2 heterocycles. The van der Waals surface area contributed by atoms with Gasteiger partial charge in [0.05, 0.1) is 11.4 Å². The summed E-state index contributed by atoms with van der Waals surface area (Å²) >= 11 is 0. The van der Waals surface area contributed by atoms with Gasteiger partial charge in [0.25, 0.3) is 0 Å². The lowest BCUT2D eigenvalue weighted by Crippen LogP contribution is -2.25. The van der Waals surface area contributed by atoms with Crippen LogP contribution in [0.4, 0.5) is 5.82 Å². The maximum absolute atomic E-state index is 11.1. The van der Waals surface area contributed by atoms with Crippen molar-refractivity contribution in [2.24, 2.45) is 5.73 Å². The monoisotopic (exact) mass is 487 g/mol. The van der Waals surface area contributed by atoms with Gasteiger partial charge in [0.1, 0.15) is 29.3 Å². The standard InChI is InChI=1S/C27H33N7O2/c28-16-8-3-1-2-5-9-21(17-30-19-35)34-27-24(26(29)31-18-32-27)25(33-34)20-12-14-23(15-13-20)36-22-10-6-4-7-11-22/h4,6-7,10-15,18-19,21H,1-3,5,8-9,16-17,28H2,(H,30,35)(H2,29,31,32). The van der Waals surface area contributed by atoms with E-state index in [-0.39, 0.29) is 6.04 Å². The first kappa shape index (κ1) is 25.1. The van der Waals surface area contributed by atoms with E-state index in [1.54, 1.807) is 0 Å². The molecule has 188 valence electrons. The maximum atomic E-state index is 11.1. The minimum absolute atomic E-state index is 0.0593. The van der Waals surface area contributed by atoms with Crippen molar-refractivity contribution in [1.82, 2.24) is 25.1 Å².